The first-order valence-electron chi connectivity index (χ1n) is 12.2. The highest BCUT2D eigenvalue weighted by Crippen LogP contribution is 2.38. The minimum atomic E-state index is -1.33. The lowest BCUT2D eigenvalue weighted by Gasteiger charge is -2.43. The Kier molecular flexibility index (Phi) is 5.72. The summed E-state index contributed by atoms with van der Waals surface area (Å²) in [4.78, 5) is 52.9. The van der Waals surface area contributed by atoms with E-state index in [1.165, 1.54) is 12.3 Å². The molecule has 11 nitrogen and oxygen atoms in total. The van der Waals surface area contributed by atoms with Crippen LogP contribution < -0.4 is 15.6 Å². The highest BCUT2D eigenvalue weighted by Gasteiger charge is 2.46. The Morgan fingerprint density at radius 1 is 1.19 bits per heavy atom. The van der Waals surface area contributed by atoms with E-state index in [1.807, 2.05) is 9.47 Å². The number of amides is 1. The quantitative estimate of drug-likeness (QED) is 0.429. The van der Waals surface area contributed by atoms with Crippen molar-refractivity contribution in [1.82, 2.24) is 14.8 Å². The summed E-state index contributed by atoms with van der Waals surface area (Å²) in [6.07, 6.45) is 2.64. The van der Waals surface area contributed by atoms with Crippen molar-refractivity contribution in [3.8, 4) is 0 Å². The Labute approximate surface area is 210 Å². The van der Waals surface area contributed by atoms with Gasteiger partial charge in [0.15, 0.2) is 0 Å². The molecule has 1 atom stereocenters. The van der Waals surface area contributed by atoms with Gasteiger partial charge < -0.3 is 29.4 Å². The van der Waals surface area contributed by atoms with Gasteiger partial charge in [-0.3, -0.25) is 14.5 Å². The van der Waals surface area contributed by atoms with Crippen LogP contribution in [0.4, 0.5) is 10.1 Å². The zero-order chi connectivity index (χ0) is 25.8. The average Bonchev–Trinajstić information content (AvgIpc) is 3.73. The number of β-lactam (4-membered cyclic amide) rings is 1. The summed E-state index contributed by atoms with van der Waals surface area (Å²) in [6, 6.07) is 2.94. The highest BCUT2D eigenvalue weighted by atomic mass is 19.1. The SMILES string of the molecule is O=C(O)C1=C(COC(=O)c2cn(C3CC3)c3cc(N4CCNCC4)c(F)cc3c2=O)COC2CC(=O)N12. The second-order valence-electron chi connectivity index (χ2n) is 9.64. The first-order valence-corrected chi connectivity index (χ1v) is 12.2. The number of carbonyl (C=O) groups excluding carboxylic acids is 2. The Balaban J connectivity index is 1.33. The van der Waals surface area contributed by atoms with Crippen LogP contribution in [-0.2, 0) is 19.1 Å². The Bertz CT molecular complexity index is 1420. The maximum absolute atomic E-state index is 15.1. The molecule has 3 aliphatic heterocycles. The maximum atomic E-state index is 15.1. The van der Waals surface area contributed by atoms with E-state index in [2.05, 4.69) is 5.32 Å². The summed E-state index contributed by atoms with van der Waals surface area (Å²) in [5.74, 6) is -3.22. The molecular weight excluding hydrogens is 487 g/mol. The predicted octanol–water partition coefficient (Wildman–Crippen LogP) is 0.969. The molecule has 194 valence electrons. The normalized spacial score (nSPS) is 21.6. The van der Waals surface area contributed by atoms with Crippen LogP contribution in [-0.4, -0.2) is 78.0 Å². The molecule has 37 heavy (non-hydrogen) atoms. The van der Waals surface area contributed by atoms with Gasteiger partial charge in [0.1, 0.15) is 29.9 Å². The van der Waals surface area contributed by atoms with Crippen LogP contribution in [0.25, 0.3) is 10.9 Å². The van der Waals surface area contributed by atoms with E-state index in [-0.39, 0.29) is 41.3 Å². The zero-order valence-electron chi connectivity index (χ0n) is 19.9. The topological polar surface area (TPSA) is 130 Å². The van der Waals surface area contributed by atoms with Crippen molar-refractivity contribution in [2.24, 2.45) is 0 Å². The molecule has 4 aliphatic rings. The third-order valence-electron chi connectivity index (χ3n) is 7.23. The number of hydrogen-bond donors (Lipinski definition) is 2. The van der Waals surface area contributed by atoms with Crippen LogP contribution in [0.2, 0.25) is 0 Å². The lowest BCUT2D eigenvalue weighted by atomic mass is 10.0. The van der Waals surface area contributed by atoms with E-state index < -0.39 is 41.9 Å². The van der Waals surface area contributed by atoms with Gasteiger partial charge in [0.25, 0.3) is 0 Å². The van der Waals surface area contributed by atoms with Crippen LogP contribution in [0.15, 0.2) is 34.4 Å². The summed E-state index contributed by atoms with van der Waals surface area (Å²) in [6.45, 7) is 2.16. The number of benzene rings is 1. The van der Waals surface area contributed by atoms with Crippen molar-refractivity contribution in [3.05, 3.63) is 51.2 Å². The fraction of sp³-hybridized carbons (Fsp3) is 0.440. The number of carboxylic acid groups (broad SMARTS) is 1. The van der Waals surface area contributed by atoms with Gasteiger partial charge in [0.2, 0.25) is 11.3 Å². The van der Waals surface area contributed by atoms with E-state index >= 15 is 4.39 Å². The predicted molar refractivity (Wildman–Crippen MR) is 128 cm³/mol. The number of nitrogens with zero attached hydrogens (tertiary/aromatic N) is 3. The molecule has 1 aliphatic carbocycles. The molecule has 12 heteroatoms. The van der Waals surface area contributed by atoms with E-state index in [0.29, 0.717) is 24.3 Å². The molecular formula is C25H25FN4O7. The fourth-order valence-corrected chi connectivity index (χ4v) is 5.13. The number of aromatic nitrogens is 1. The van der Waals surface area contributed by atoms with Crippen molar-refractivity contribution < 1.29 is 33.4 Å². The lowest BCUT2D eigenvalue weighted by molar-refractivity contribution is -0.175. The van der Waals surface area contributed by atoms with E-state index in [0.717, 1.165) is 30.8 Å². The minimum Gasteiger partial charge on any atom is -0.477 e. The third-order valence-corrected chi connectivity index (χ3v) is 7.23. The number of carboxylic acids is 1. The van der Waals surface area contributed by atoms with E-state index in [1.54, 1.807) is 6.07 Å². The Morgan fingerprint density at radius 3 is 2.62 bits per heavy atom. The van der Waals surface area contributed by atoms with Crippen LogP contribution in [0.1, 0.15) is 35.7 Å². The number of piperazine rings is 1. The first-order chi connectivity index (χ1) is 17.8. The third kappa shape index (κ3) is 4.05. The molecule has 1 saturated carbocycles. The number of rotatable bonds is 6. The first kappa shape index (κ1) is 23.6. The highest BCUT2D eigenvalue weighted by molar-refractivity contribution is 5.97. The summed E-state index contributed by atoms with van der Waals surface area (Å²) in [7, 11) is 0. The fourth-order valence-electron chi connectivity index (χ4n) is 5.13. The van der Waals surface area contributed by atoms with Gasteiger partial charge in [-0.05, 0) is 25.0 Å². The van der Waals surface area contributed by atoms with Crippen LogP contribution >= 0.6 is 0 Å². The summed E-state index contributed by atoms with van der Waals surface area (Å²) in [5, 5.41) is 12.9. The number of esters is 1. The Morgan fingerprint density at radius 2 is 1.95 bits per heavy atom. The summed E-state index contributed by atoms with van der Waals surface area (Å²) >= 11 is 0. The monoisotopic (exact) mass is 512 g/mol. The molecule has 2 N–H and O–H groups in total. The largest absolute Gasteiger partial charge is 0.477 e. The number of hydrogen-bond acceptors (Lipinski definition) is 8. The molecule has 0 spiro atoms. The van der Waals surface area contributed by atoms with Crippen molar-refractivity contribution in [1.29, 1.82) is 0 Å². The van der Waals surface area contributed by atoms with Gasteiger partial charge in [0.05, 0.1) is 24.2 Å². The van der Waals surface area contributed by atoms with Gasteiger partial charge in [0, 0.05) is 49.4 Å². The second kappa shape index (κ2) is 8.96. The molecule has 1 aromatic carbocycles. The molecule has 1 aromatic heterocycles. The smallest absolute Gasteiger partial charge is 0.352 e. The van der Waals surface area contributed by atoms with E-state index in [4.69, 9.17) is 9.47 Å². The number of halogens is 1. The van der Waals surface area contributed by atoms with Crippen LogP contribution in [0, 0.1) is 5.82 Å². The molecule has 6 rings (SSSR count). The second-order valence-corrected chi connectivity index (χ2v) is 9.64. The van der Waals surface area contributed by atoms with E-state index in [9.17, 15) is 24.3 Å². The van der Waals surface area contributed by atoms with Crippen molar-refractivity contribution in [2.75, 3.05) is 44.3 Å². The number of nitrogens with one attached hydrogen (secondary N) is 1. The molecule has 1 amide bonds. The van der Waals surface area contributed by atoms with Crippen LogP contribution in [0.3, 0.4) is 0 Å². The molecule has 0 bridgehead atoms. The number of fused-ring (bicyclic) bond motifs is 2. The van der Waals surface area contributed by atoms with Gasteiger partial charge in [-0.2, -0.15) is 0 Å². The molecule has 1 unspecified atom stereocenters. The lowest BCUT2D eigenvalue weighted by Crippen LogP contribution is -2.57. The van der Waals surface area contributed by atoms with Crippen molar-refractivity contribution in [2.45, 2.75) is 31.5 Å². The molecule has 4 heterocycles. The average molecular weight is 512 g/mol. The van der Waals surface area contributed by atoms with Gasteiger partial charge >= 0.3 is 11.9 Å². The standard InChI is InChI=1S/C25H25FN4O7/c26-17-7-15-18(8-19(17)28-5-3-27-4-6-28)29(14-1-2-14)10-16(23(15)32)25(35)37-12-13-11-36-21-9-20(31)30(21)22(13)24(33)34/h7-8,10,14,21,27H,1-6,9,11-12H2,(H,33,34). The Hall–Kier alpha value is -3.77. The van der Waals surface area contributed by atoms with Crippen molar-refractivity contribution >= 4 is 34.4 Å². The number of pyridine rings is 1. The molecule has 2 saturated heterocycles. The molecule has 3 fully saturated rings. The number of aliphatic carboxylic acids is 1. The minimum absolute atomic E-state index is 0.0817. The van der Waals surface area contributed by atoms with Crippen molar-refractivity contribution in [3.63, 3.8) is 0 Å². The van der Waals surface area contributed by atoms with Crippen LogP contribution in [0.5, 0.6) is 0 Å². The molecule has 2 aromatic rings. The maximum Gasteiger partial charge on any atom is 0.352 e. The summed E-state index contributed by atoms with van der Waals surface area (Å²) in [5.41, 5.74) is -0.106. The van der Waals surface area contributed by atoms with Gasteiger partial charge in [-0.25, -0.2) is 14.0 Å². The van der Waals surface area contributed by atoms with Gasteiger partial charge in [-0.15, -0.1) is 0 Å². The number of carbonyl (C=O) groups is 3. The summed E-state index contributed by atoms with van der Waals surface area (Å²) < 4.78 is 27.8. The zero-order valence-corrected chi connectivity index (χ0v) is 19.9. The van der Waals surface area contributed by atoms with Gasteiger partial charge in [-0.1, -0.05) is 0 Å². The number of anilines is 1. The number of ether oxygens (including phenoxy) is 2. The molecule has 0 radical (unpaired) electrons.